The van der Waals surface area contributed by atoms with Crippen LogP contribution in [0.5, 0.6) is 0 Å². The number of nitrogens with zero attached hydrogens (tertiary/aromatic N) is 2. The molecule has 2 amide bonds. The molecule has 3 aromatic rings. The fourth-order valence-electron chi connectivity index (χ4n) is 2.66. The molecule has 0 radical (unpaired) electrons. The van der Waals surface area contributed by atoms with Crippen molar-refractivity contribution in [2.45, 2.75) is 6.92 Å². The normalized spacial score (nSPS) is 10.2. The predicted octanol–water partition coefficient (Wildman–Crippen LogP) is 3.80. The van der Waals surface area contributed by atoms with Crippen LogP contribution in [0.15, 0.2) is 67.0 Å². The number of hydrogen-bond donors (Lipinski definition) is 2. The number of benzene rings is 2. The topological polar surface area (TPSA) is 114 Å². The van der Waals surface area contributed by atoms with Gasteiger partial charge in [-0.1, -0.05) is 18.2 Å². The molecule has 8 heteroatoms. The van der Waals surface area contributed by atoms with E-state index in [9.17, 15) is 19.7 Å². The Morgan fingerprint density at radius 1 is 0.964 bits per heavy atom. The first kappa shape index (κ1) is 18.7. The molecule has 0 spiro atoms. The van der Waals surface area contributed by atoms with Crippen molar-refractivity contribution in [1.29, 1.82) is 0 Å². The molecular weight excluding hydrogens is 360 g/mol. The summed E-state index contributed by atoms with van der Waals surface area (Å²) in [7, 11) is 0. The van der Waals surface area contributed by atoms with Crippen LogP contribution in [0.1, 0.15) is 26.3 Å². The molecule has 0 aliphatic carbocycles. The number of para-hydroxylation sites is 1. The summed E-state index contributed by atoms with van der Waals surface area (Å²) < 4.78 is 0. The van der Waals surface area contributed by atoms with Gasteiger partial charge in [-0.05, 0) is 43.3 Å². The van der Waals surface area contributed by atoms with Gasteiger partial charge in [0.05, 0.1) is 10.5 Å². The first-order valence-electron chi connectivity index (χ1n) is 8.32. The van der Waals surface area contributed by atoms with E-state index in [0.29, 0.717) is 22.5 Å². The van der Waals surface area contributed by atoms with Crippen LogP contribution >= 0.6 is 0 Å². The fourth-order valence-corrected chi connectivity index (χ4v) is 2.66. The monoisotopic (exact) mass is 376 g/mol. The summed E-state index contributed by atoms with van der Waals surface area (Å²) in [6, 6.07) is 14.3. The highest BCUT2D eigenvalue weighted by Crippen LogP contribution is 2.24. The Hall–Kier alpha value is -4.07. The molecule has 0 saturated heterocycles. The number of nitro groups is 1. The van der Waals surface area contributed by atoms with E-state index in [1.165, 1.54) is 12.3 Å². The third-order valence-corrected chi connectivity index (χ3v) is 3.97. The number of aromatic nitrogens is 1. The van der Waals surface area contributed by atoms with E-state index in [0.717, 1.165) is 0 Å². The second kappa shape index (κ2) is 8.09. The molecule has 2 aromatic carbocycles. The first-order valence-corrected chi connectivity index (χ1v) is 8.32. The van der Waals surface area contributed by atoms with Gasteiger partial charge in [0.1, 0.15) is 5.56 Å². The minimum absolute atomic E-state index is 0.0326. The standard InChI is InChI=1S/C20H16N4O4/c1-13-5-2-9-17(18(13)24(27)28)20(26)23-16-8-3-7-15(11-16)22-19(25)14-6-4-10-21-12-14/h2-12H,1H3,(H,22,25)(H,23,26). The summed E-state index contributed by atoms with van der Waals surface area (Å²) in [6.07, 6.45) is 3.01. The average Bonchev–Trinajstić information content (AvgIpc) is 2.68. The molecule has 0 fully saturated rings. The van der Waals surface area contributed by atoms with Gasteiger partial charge in [-0.25, -0.2) is 0 Å². The smallest absolute Gasteiger partial charge is 0.285 e. The van der Waals surface area contributed by atoms with Crippen LogP contribution in [0, 0.1) is 17.0 Å². The Morgan fingerprint density at radius 2 is 1.64 bits per heavy atom. The van der Waals surface area contributed by atoms with Crippen molar-refractivity contribution in [3.63, 3.8) is 0 Å². The van der Waals surface area contributed by atoms with E-state index in [1.54, 1.807) is 61.7 Å². The Bertz CT molecular complexity index is 1050. The molecule has 1 aromatic heterocycles. The zero-order chi connectivity index (χ0) is 20.1. The minimum atomic E-state index is -0.605. The second-order valence-electron chi connectivity index (χ2n) is 5.96. The molecule has 0 unspecified atom stereocenters. The van der Waals surface area contributed by atoms with Gasteiger partial charge in [0.25, 0.3) is 17.5 Å². The van der Waals surface area contributed by atoms with Crippen molar-refractivity contribution < 1.29 is 14.5 Å². The number of anilines is 2. The van der Waals surface area contributed by atoms with E-state index < -0.39 is 10.8 Å². The van der Waals surface area contributed by atoms with Gasteiger partial charge in [0, 0.05) is 29.3 Å². The van der Waals surface area contributed by atoms with Gasteiger partial charge in [0.2, 0.25) is 0 Å². The number of nitro benzene ring substituents is 1. The number of aryl methyl sites for hydroxylation is 1. The molecular formula is C20H16N4O4. The summed E-state index contributed by atoms with van der Waals surface area (Å²) in [5.74, 6) is -0.947. The van der Waals surface area contributed by atoms with Crippen molar-refractivity contribution in [2.24, 2.45) is 0 Å². The lowest BCUT2D eigenvalue weighted by Gasteiger charge is -2.10. The minimum Gasteiger partial charge on any atom is -0.322 e. The van der Waals surface area contributed by atoms with Crippen LogP contribution < -0.4 is 10.6 Å². The summed E-state index contributed by atoms with van der Waals surface area (Å²) in [5.41, 5.74) is 1.38. The molecule has 28 heavy (non-hydrogen) atoms. The zero-order valence-corrected chi connectivity index (χ0v) is 14.9. The molecule has 0 bridgehead atoms. The third kappa shape index (κ3) is 4.18. The SMILES string of the molecule is Cc1cccc(C(=O)Nc2cccc(NC(=O)c3cccnc3)c2)c1[N+](=O)[O-]. The van der Waals surface area contributed by atoms with Crippen LogP contribution in [-0.2, 0) is 0 Å². The van der Waals surface area contributed by atoms with E-state index >= 15 is 0 Å². The molecule has 0 atom stereocenters. The number of rotatable bonds is 5. The highest BCUT2D eigenvalue weighted by atomic mass is 16.6. The first-order chi connectivity index (χ1) is 13.5. The van der Waals surface area contributed by atoms with Crippen molar-refractivity contribution in [3.8, 4) is 0 Å². The van der Waals surface area contributed by atoms with Crippen LogP contribution in [0.25, 0.3) is 0 Å². The molecule has 1 heterocycles. The van der Waals surface area contributed by atoms with E-state index in [2.05, 4.69) is 15.6 Å². The van der Waals surface area contributed by atoms with Crippen molar-refractivity contribution >= 4 is 28.9 Å². The zero-order valence-electron chi connectivity index (χ0n) is 14.9. The molecule has 140 valence electrons. The highest BCUT2D eigenvalue weighted by molar-refractivity contribution is 6.08. The van der Waals surface area contributed by atoms with Gasteiger partial charge in [-0.3, -0.25) is 24.7 Å². The van der Waals surface area contributed by atoms with Gasteiger partial charge in [-0.15, -0.1) is 0 Å². The predicted molar refractivity (Wildman–Crippen MR) is 104 cm³/mol. The molecule has 0 aliphatic heterocycles. The largest absolute Gasteiger partial charge is 0.322 e. The summed E-state index contributed by atoms with van der Waals surface area (Å²) in [6.45, 7) is 1.57. The Labute approximate surface area is 160 Å². The summed E-state index contributed by atoms with van der Waals surface area (Å²) >= 11 is 0. The number of pyridine rings is 1. The van der Waals surface area contributed by atoms with E-state index in [-0.39, 0.29) is 17.2 Å². The van der Waals surface area contributed by atoms with Crippen LogP contribution in [-0.4, -0.2) is 21.7 Å². The Morgan fingerprint density at radius 3 is 2.29 bits per heavy atom. The molecule has 0 aliphatic rings. The van der Waals surface area contributed by atoms with E-state index in [1.807, 2.05) is 0 Å². The summed E-state index contributed by atoms with van der Waals surface area (Å²) in [4.78, 5) is 39.4. The van der Waals surface area contributed by atoms with Crippen LogP contribution in [0.4, 0.5) is 17.1 Å². The van der Waals surface area contributed by atoms with Gasteiger partial charge in [-0.2, -0.15) is 0 Å². The average molecular weight is 376 g/mol. The van der Waals surface area contributed by atoms with Gasteiger partial charge >= 0.3 is 0 Å². The molecule has 3 rings (SSSR count). The highest BCUT2D eigenvalue weighted by Gasteiger charge is 2.22. The number of hydrogen-bond acceptors (Lipinski definition) is 5. The van der Waals surface area contributed by atoms with Crippen LogP contribution in [0.3, 0.4) is 0 Å². The van der Waals surface area contributed by atoms with Gasteiger partial charge < -0.3 is 10.6 Å². The molecule has 0 saturated carbocycles. The van der Waals surface area contributed by atoms with Crippen molar-refractivity contribution in [1.82, 2.24) is 4.98 Å². The Kier molecular flexibility index (Phi) is 5.40. The lowest BCUT2D eigenvalue weighted by Crippen LogP contribution is -2.15. The fraction of sp³-hybridized carbons (Fsp3) is 0.0500. The lowest BCUT2D eigenvalue weighted by molar-refractivity contribution is -0.385. The van der Waals surface area contributed by atoms with Crippen molar-refractivity contribution in [3.05, 3.63) is 93.8 Å². The molecule has 8 nitrogen and oxygen atoms in total. The third-order valence-electron chi connectivity index (χ3n) is 3.97. The number of carbonyl (C=O) groups excluding carboxylic acids is 2. The van der Waals surface area contributed by atoms with Crippen LogP contribution in [0.2, 0.25) is 0 Å². The number of carbonyl (C=O) groups is 2. The van der Waals surface area contributed by atoms with E-state index in [4.69, 9.17) is 0 Å². The Balaban J connectivity index is 1.78. The maximum absolute atomic E-state index is 12.5. The van der Waals surface area contributed by atoms with Gasteiger partial charge in [0.15, 0.2) is 0 Å². The second-order valence-corrected chi connectivity index (χ2v) is 5.96. The molecule has 2 N–H and O–H groups in total. The maximum atomic E-state index is 12.5. The summed E-state index contributed by atoms with van der Waals surface area (Å²) in [5, 5.41) is 16.6. The lowest BCUT2D eigenvalue weighted by atomic mass is 10.1. The van der Waals surface area contributed by atoms with Crippen molar-refractivity contribution in [2.75, 3.05) is 10.6 Å². The number of amides is 2. The number of nitrogens with one attached hydrogen (secondary N) is 2. The maximum Gasteiger partial charge on any atom is 0.285 e. The quantitative estimate of drug-likeness (QED) is 0.519.